The highest BCUT2D eigenvalue weighted by atomic mass is 16.5. The number of fused-ring (bicyclic) bond motifs is 2. The number of benzene rings is 1. The monoisotopic (exact) mass is 541 g/mol. The Hall–Kier alpha value is -3.18. The predicted octanol–water partition coefficient (Wildman–Crippen LogP) is 1.75. The number of hydrogen-bond donors (Lipinski definition) is 3. The minimum Gasteiger partial charge on any atom is -0.448 e. The van der Waals surface area contributed by atoms with Crippen molar-refractivity contribution in [2.24, 2.45) is 7.05 Å². The van der Waals surface area contributed by atoms with Gasteiger partial charge in [-0.25, -0.2) is 9.59 Å². The number of aliphatic hydroxyl groups excluding tert-OH is 1. The van der Waals surface area contributed by atoms with Gasteiger partial charge in [0.1, 0.15) is 12.6 Å². The Morgan fingerprint density at radius 1 is 1.18 bits per heavy atom. The highest BCUT2D eigenvalue weighted by molar-refractivity contribution is 6.00. The van der Waals surface area contributed by atoms with E-state index in [9.17, 15) is 24.3 Å². The summed E-state index contributed by atoms with van der Waals surface area (Å²) in [6.45, 7) is 2.02. The lowest BCUT2D eigenvalue weighted by molar-refractivity contribution is -0.135. The number of imide groups is 1. The van der Waals surface area contributed by atoms with E-state index in [0.717, 1.165) is 69.0 Å². The molecule has 11 nitrogen and oxygen atoms in total. The normalized spacial score (nSPS) is 25.2. The quantitative estimate of drug-likeness (QED) is 0.308. The Morgan fingerprint density at radius 3 is 2.82 bits per heavy atom. The van der Waals surface area contributed by atoms with Crippen LogP contribution in [-0.4, -0.2) is 74.9 Å². The maximum Gasteiger partial charge on any atom is 0.407 e. The number of piperidine rings is 1. The lowest BCUT2D eigenvalue weighted by atomic mass is 9.95. The van der Waals surface area contributed by atoms with Crippen molar-refractivity contribution in [3.63, 3.8) is 0 Å². The summed E-state index contributed by atoms with van der Waals surface area (Å²) >= 11 is 0. The number of amides is 3. The van der Waals surface area contributed by atoms with Gasteiger partial charge >= 0.3 is 11.8 Å². The first kappa shape index (κ1) is 27.4. The van der Waals surface area contributed by atoms with E-state index in [0.29, 0.717) is 25.1 Å². The van der Waals surface area contributed by atoms with Gasteiger partial charge in [0, 0.05) is 31.6 Å². The van der Waals surface area contributed by atoms with Crippen molar-refractivity contribution in [1.82, 2.24) is 24.7 Å². The molecule has 3 amide bonds. The summed E-state index contributed by atoms with van der Waals surface area (Å²) in [4.78, 5) is 51.6. The van der Waals surface area contributed by atoms with Crippen LogP contribution in [-0.2, 0) is 27.8 Å². The number of imidazole rings is 1. The van der Waals surface area contributed by atoms with Gasteiger partial charge < -0.3 is 15.2 Å². The average Bonchev–Trinajstić information content (AvgIpc) is 3.57. The van der Waals surface area contributed by atoms with Gasteiger partial charge in [-0.1, -0.05) is 18.6 Å². The number of carbonyl (C=O) groups excluding carboxylic acids is 3. The summed E-state index contributed by atoms with van der Waals surface area (Å²) in [5.41, 5.74) is 2.17. The molecule has 1 aromatic carbocycles. The third-order valence-electron chi connectivity index (χ3n) is 8.84. The number of hydrogen-bond acceptors (Lipinski definition) is 7. The zero-order chi connectivity index (χ0) is 27.6. The standard InChI is InChI=1S/C28H39N5O6/c1-31-24-19(8-5-9-21(24)33(27(31)38)22-10-11-23(35)30-25(22)36)7-3-2-4-15-29-26(37)39-17-20-12-14-28(18-34)13-6-16-32(20)28/h5,8-9,20,22,34H,2-4,6-7,10-18H2,1H3,(H,29,37)(H,30,35,36)/t20-,22?,28-/m0/s1. The fourth-order valence-corrected chi connectivity index (χ4v) is 6.79. The Labute approximate surface area is 227 Å². The van der Waals surface area contributed by atoms with Crippen molar-refractivity contribution in [2.45, 2.75) is 81.8 Å². The minimum absolute atomic E-state index is 0.102. The van der Waals surface area contributed by atoms with Crippen LogP contribution in [0.3, 0.4) is 0 Å². The maximum atomic E-state index is 13.1. The van der Waals surface area contributed by atoms with Crippen LogP contribution in [0.4, 0.5) is 4.79 Å². The molecular weight excluding hydrogens is 502 g/mol. The van der Waals surface area contributed by atoms with E-state index in [1.165, 1.54) is 4.57 Å². The van der Waals surface area contributed by atoms with Crippen LogP contribution < -0.4 is 16.3 Å². The van der Waals surface area contributed by atoms with Crippen molar-refractivity contribution in [3.05, 3.63) is 34.2 Å². The van der Waals surface area contributed by atoms with Crippen LogP contribution in [0.25, 0.3) is 11.0 Å². The van der Waals surface area contributed by atoms with E-state index in [-0.39, 0.29) is 36.2 Å². The Kier molecular flexibility index (Phi) is 8.08. The van der Waals surface area contributed by atoms with Crippen LogP contribution in [0.1, 0.15) is 69.4 Å². The van der Waals surface area contributed by atoms with Crippen molar-refractivity contribution in [1.29, 1.82) is 0 Å². The summed E-state index contributed by atoms with van der Waals surface area (Å²) in [5, 5.41) is 15.0. The lowest BCUT2D eigenvalue weighted by Crippen LogP contribution is -2.46. The third-order valence-corrected chi connectivity index (χ3v) is 8.84. The van der Waals surface area contributed by atoms with Crippen LogP contribution >= 0.6 is 0 Å². The molecule has 1 aromatic heterocycles. The molecule has 1 unspecified atom stereocenters. The van der Waals surface area contributed by atoms with Gasteiger partial charge in [-0.3, -0.25) is 28.9 Å². The van der Waals surface area contributed by atoms with Crippen molar-refractivity contribution in [2.75, 3.05) is 26.3 Å². The highest BCUT2D eigenvalue weighted by Crippen LogP contribution is 2.42. The number of aliphatic hydroxyl groups is 1. The zero-order valence-electron chi connectivity index (χ0n) is 22.6. The fourth-order valence-electron chi connectivity index (χ4n) is 6.79. The molecule has 3 saturated heterocycles. The molecule has 0 aliphatic carbocycles. The number of aromatic nitrogens is 2. The molecule has 212 valence electrons. The lowest BCUT2D eigenvalue weighted by Gasteiger charge is -2.33. The van der Waals surface area contributed by atoms with Crippen LogP contribution in [0.15, 0.2) is 23.0 Å². The van der Waals surface area contributed by atoms with Gasteiger partial charge in [0.2, 0.25) is 11.8 Å². The van der Waals surface area contributed by atoms with E-state index in [4.69, 9.17) is 4.74 Å². The van der Waals surface area contributed by atoms with E-state index < -0.39 is 18.0 Å². The number of rotatable bonds is 10. The number of aryl methyl sites for hydroxylation is 2. The molecule has 0 radical (unpaired) electrons. The molecule has 3 fully saturated rings. The van der Waals surface area contributed by atoms with Crippen LogP contribution in [0.2, 0.25) is 0 Å². The first-order chi connectivity index (χ1) is 18.8. The summed E-state index contributed by atoms with van der Waals surface area (Å²) in [7, 11) is 1.71. The van der Waals surface area contributed by atoms with Gasteiger partial charge in [0.25, 0.3) is 0 Å². The van der Waals surface area contributed by atoms with Gasteiger partial charge in [-0.15, -0.1) is 0 Å². The summed E-state index contributed by atoms with van der Waals surface area (Å²) in [5.74, 6) is -0.743. The molecule has 3 aliphatic heterocycles. The van der Waals surface area contributed by atoms with E-state index >= 15 is 0 Å². The third kappa shape index (κ3) is 5.34. The summed E-state index contributed by atoms with van der Waals surface area (Å²) in [6.07, 6.45) is 7.49. The zero-order valence-corrected chi connectivity index (χ0v) is 22.6. The maximum absolute atomic E-state index is 13.1. The predicted molar refractivity (Wildman–Crippen MR) is 144 cm³/mol. The van der Waals surface area contributed by atoms with Crippen LogP contribution in [0, 0.1) is 0 Å². The molecule has 39 heavy (non-hydrogen) atoms. The van der Waals surface area contributed by atoms with Crippen LogP contribution in [0.5, 0.6) is 0 Å². The smallest absolute Gasteiger partial charge is 0.407 e. The van der Waals surface area contributed by atoms with Gasteiger partial charge in [-0.2, -0.15) is 0 Å². The number of nitrogens with one attached hydrogen (secondary N) is 2. The molecule has 3 atom stereocenters. The Balaban J connectivity index is 1.08. The van der Waals surface area contributed by atoms with E-state index in [1.807, 2.05) is 18.2 Å². The second kappa shape index (κ2) is 11.5. The molecule has 11 heteroatoms. The van der Waals surface area contributed by atoms with Crippen molar-refractivity contribution >= 4 is 28.9 Å². The second-order valence-electron chi connectivity index (χ2n) is 11.2. The van der Waals surface area contributed by atoms with E-state index in [2.05, 4.69) is 15.5 Å². The van der Waals surface area contributed by atoms with Gasteiger partial charge in [0.15, 0.2) is 0 Å². The number of unbranched alkanes of at least 4 members (excludes halogenated alkanes) is 2. The van der Waals surface area contributed by atoms with Crippen molar-refractivity contribution in [3.8, 4) is 0 Å². The number of nitrogens with zero attached hydrogens (tertiary/aromatic N) is 3. The van der Waals surface area contributed by atoms with Crippen molar-refractivity contribution < 1.29 is 24.2 Å². The second-order valence-corrected chi connectivity index (χ2v) is 11.2. The SMILES string of the molecule is Cn1c(=O)n(C2CCC(=O)NC2=O)c2cccc(CCCCCNC(=O)OC[C@@H]3CC[C@]4(CO)CCCN34)c21. The number of carbonyl (C=O) groups is 3. The largest absolute Gasteiger partial charge is 0.448 e. The molecule has 3 N–H and O–H groups in total. The number of ether oxygens (including phenoxy) is 1. The minimum atomic E-state index is -0.693. The average molecular weight is 542 g/mol. The molecule has 3 aliphatic rings. The van der Waals surface area contributed by atoms with E-state index in [1.54, 1.807) is 11.6 Å². The molecule has 0 bridgehead atoms. The summed E-state index contributed by atoms with van der Waals surface area (Å²) in [6, 6.07) is 5.24. The number of para-hydroxylation sites is 1. The molecule has 2 aromatic rings. The number of alkyl carbamates (subject to hydrolysis) is 1. The highest BCUT2D eigenvalue weighted by Gasteiger charge is 2.48. The summed E-state index contributed by atoms with van der Waals surface area (Å²) < 4.78 is 8.58. The molecule has 4 heterocycles. The molecule has 5 rings (SSSR count). The first-order valence-electron chi connectivity index (χ1n) is 14.2. The molecular formula is C28H39N5O6. The molecule has 0 spiro atoms. The Morgan fingerprint density at radius 2 is 2.03 bits per heavy atom. The van der Waals surface area contributed by atoms with Gasteiger partial charge in [0.05, 0.1) is 17.6 Å². The molecule has 0 saturated carbocycles. The topological polar surface area (TPSA) is 135 Å². The first-order valence-corrected chi connectivity index (χ1v) is 14.2. The fraction of sp³-hybridized carbons (Fsp3) is 0.643. The Bertz CT molecular complexity index is 1300. The van der Waals surface area contributed by atoms with Gasteiger partial charge in [-0.05, 0) is 69.5 Å².